The topological polar surface area (TPSA) is 57.2 Å². The van der Waals surface area contributed by atoms with Gasteiger partial charge >= 0.3 is 0 Å². The largest absolute Gasteiger partial charge is 0.493 e. The number of rotatable bonds is 7. The Kier molecular flexibility index (Phi) is 5.74. The van der Waals surface area contributed by atoms with Crippen molar-refractivity contribution in [3.05, 3.63) is 17.7 Å². The van der Waals surface area contributed by atoms with Gasteiger partial charge in [-0.15, -0.1) is 0 Å². The van der Waals surface area contributed by atoms with Crippen molar-refractivity contribution in [3.63, 3.8) is 0 Å². The molecule has 0 spiro atoms. The lowest BCUT2D eigenvalue weighted by atomic mass is 10.1. The summed E-state index contributed by atoms with van der Waals surface area (Å²) >= 11 is 0. The fourth-order valence-corrected chi connectivity index (χ4v) is 1.83. The van der Waals surface area contributed by atoms with Crippen LogP contribution in [0, 0.1) is 0 Å². The zero-order chi connectivity index (χ0) is 13.5. The molecule has 5 nitrogen and oxygen atoms in total. The van der Waals surface area contributed by atoms with Crippen LogP contribution in [0.15, 0.2) is 12.1 Å². The van der Waals surface area contributed by atoms with Crippen molar-refractivity contribution in [3.8, 4) is 17.2 Å². The fraction of sp³-hybridized carbons (Fsp3) is 0.538. The molecule has 0 aromatic heterocycles. The number of hydrogen-bond donors (Lipinski definition) is 1. The summed E-state index contributed by atoms with van der Waals surface area (Å²) in [5.41, 5.74) is 0.876. The van der Waals surface area contributed by atoms with Crippen molar-refractivity contribution in [2.45, 2.75) is 12.5 Å². The summed E-state index contributed by atoms with van der Waals surface area (Å²) < 4.78 is 21.1. The number of ether oxygens (including phenoxy) is 4. The van der Waals surface area contributed by atoms with Crippen LogP contribution in [0.4, 0.5) is 0 Å². The quantitative estimate of drug-likeness (QED) is 0.806. The molecule has 1 aromatic carbocycles. The molecule has 0 unspecified atom stereocenters. The molecule has 0 radical (unpaired) electrons. The predicted molar refractivity (Wildman–Crippen MR) is 67.6 cm³/mol. The van der Waals surface area contributed by atoms with E-state index in [4.69, 9.17) is 24.1 Å². The van der Waals surface area contributed by atoms with Gasteiger partial charge in [0.15, 0.2) is 11.5 Å². The third kappa shape index (κ3) is 3.05. The van der Waals surface area contributed by atoms with E-state index in [1.54, 1.807) is 28.4 Å². The van der Waals surface area contributed by atoms with Crippen LogP contribution in [0.1, 0.15) is 18.1 Å². The van der Waals surface area contributed by atoms with Crippen LogP contribution >= 0.6 is 0 Å². The Morgan fingerprint density at radius 1 is 1.00 bits per heavy atom. The van der Waals surface area contributed by atoms with Gasteiger partial charge in [-0.1, -0.05) is 0 Å². The van der Waals surface area contributed by atoms with Crippen LogP contribution in [0.3, 0.4) is 0 Å². The van der Waals surface area contributed by atoms with E-state index in [9.17, 15) is 0 Å². The molecular formula is C13H20O5. The SMILES string of the molecule is COc1cc([C@@H](CCO)OC)cc(OC)c1OC. The summed E-state index contributed by atoms with van der Waals surface area (Å²) in [4.78, 5) is 0. The molecule has 1 aromatic rings. The highest BCUT2D eigenvalue weighted by Crippen LogP contribution is 2.40. The molecule has 18 heavy (non-hydrogen) atoms. The van der Waals surface area contributed by atoms with Crippen molar-refractivity contribution in [1.29, 1.82) is 0 Å². The van der Waals surface area contributed by atoms with E-state index in [0.29, 0.717) is 23.7 Å². The van der Waals surface area contributed by atoms with Gasteiger partial charge in [-0.05, 0) is 17.7 Å². The van der Waals surface area contributed by atoms with Crippen LogP contribution < -0.4 is 14.2 Å². The van der Waals surface area contributed by atoms with E-state index < -0.39 is 0 Å². The molecule has 0 saturated heterocycles. The third-order valence-corrected chi connectivity index (χ3v) is 2.73. The second-order valence-electron chi connectivity index (χ2n) is 3.70. The molecule has 0 aliphatic carbocycles. The lowest BCUT2D eigenvalue weighted by Gasteiger charge is -2.19. The Morgan fingerprint density at radius 3 is 1.89 bits per heavy atom. The molecule has 0 aliphatic rings. The monoisotopic (exact) mass is 256 g/mol. The second kappa shape index (κ2) is 7.08. The number of methoxy groups -OCH3 is 4. The Hall–Kier alpha value is -1.46. The molecule has 0 aliphatic heterocycles. The molecule has 1 atom stereocenters. The van der Waals surface area contributed by atoms with Crippen molar-refractivity contribution >= 4 is 0 Å². The van der Waals surface area contributed by atoms with Gasteiger partial charge in [-0.25, -0.2) is 0 Å². The number of benzene rings is 1. The van der Waals surface area contributed by atoms with Crippen LogP contribution in [-0.4, -0.2) is 40.2 Å². The summed E-state index contributed by atoms with van der Waals surface area (Å²) in [6.45, 7) is 0.0508. The average molecular weight is 256 g/mol. The first-order chi connectivity index (χ1) is 8.71. The minimum atomic E-state index is -0.205. The lowest BCUT2D eigenvalue weighted by molar-refractivity contribution is 0.0771. The Balaban J connectivity index is 3.21. The van der Waals surface area contributed by atoms with E-state index in [0.717, 1.165) is 5.56 Å². The summed E-state index contributed by atoms with van der Waals surface area (Å²) in [7, 11) is 6.29. The molecule has 0 bridgehead atoms. The number of hydrogen-bond acceptors (Lipinski definition) is 5. The van der Waals surface area contributed by atoms with E-state index >= 15 is 0 Å². The first-order valence-electron chi connectivity index (χ1n) is 5.65. The molecule has 0 heterocycles. The van der Waals surface area contributed by atoms with Crippen LogP contribution in [0.2, 0.25) is 0 Å². The molecule has 0 saturated carbocycles. The third-order valence-electron chi connectivity index (χ3n) is 2.73. The highest BCUT2D eigenvalue weighted by Gasteiger charge is 2.18. The van der Waals surface area contributed by atoms with Crippen LogP contribution in [0.5, 0.6) is 17.2 Å². The maximum atomic E-state index is 9.02. The van der Waals surface area contributed by atoms with Crippen molar-refractivity contribution in [2.75, 3.05) is 35.0 Å². The van der Waals surface area contributed by atoms with E-state index in [2.05, 4.69) is 0 Å². The van der Waals surface area contributed by atoms with Crippen LogP contribution in [-0.2, 0) is 4.74 Å². The van der Waals surface area contributed by atoms with Gasteiger partial charge in [0.1, 0.15) is 0 Å². The average Bonchev–Trinajstić information content (AvgIpc) is 2.42. The molecule has 1 rings (SSSR count). The number of aliphatic hydroxyl groups excluding tert-OH is 1. The molecule has 0 amide bonds. The summed E-state index contributed by atoms with van der Waals surface area (Å²) in [5.74, 6) is 1.70. The Labute approximate surface area is 107 Å². The van der Waals surface area contributed by atoms with E-state index in [-0.39, 0.29) is 12.7 Å². The second-order valence-corrected chi connectivity index (χ2v) is 3.70. The van der Waals surface area contributed by atoms with E-state index in [1.807, 2.05) is 12.1 Å². The van der Waals surface area contributed by atoms with E-state index in [1.165, 1.54) is 0 Å². The minimum absolute atomic E-state index is 0.0508. The maximum absolute atomic E-state index is 9.02. The summed E-state index contributed by atoms with van der Waals surface area (Å²) in [6, 6.07) is 3.65. The van der Waals surface area contributed by atoms with Gasteiger partial charge < -0.3 is 24.1 Å². The first kappa shape index (κ1) is 14.6. The Bertz CT molecular complexity index is 353. The first-order valence-corrected chi connectivity index (χ1v) is 5.65. The zero-order valence-electron chi connectivity index (χ0n) is 11.2. The van der Waals surface area contributed by atoms with Gasteiger partial charge in [0.2, 0.25) is 5.75 Å². The lowest BCUT2D eigenvalue weighted by Crippen LogP contribution is -2.05. The summed E-state index contributed by atoms with van der Waals surface area (Å²) in [5, 5.41) is 9.02. The van der Waals surface area contributed by atoms with Gasteiger partial charge in [-0.2, -0.15) is 0 Å². The van der Waals surface area contributed by atoms with Crippen molar-refractivity contribution in [2.24, 2.45) is 0 Å². The minimum Gasteiger partial charge on any atom is -0.493 e. The van der Waals surface area contributed by atoms with Gasteiger partial charge in [-0.3, -0.25) is 0 Å². The molecule has 102 valence electrons. The van der Waals surface area contributed by atoms with Crippen LogP contribution in [0.25, 0.3) is 0 Å². The molecule has 0 fully saturated rings. The predicted octanol–water partition coefficient (Wildman–Crippen LogP) is 1.78. The normalized spacial score (nSPS) is 12.1. The zero-order valence-corrected chi connectivity index (χ0v) is 11.2. The highest BCUT2D eigenvalue weighted by molar-refractivity contribution is 5.54. The van der Waals surface area contributed by atoms with Crippen molar-refractivity contribution in [1.82, 2.24) is 0 Å². The highest BCUT2D eigenvalue weighted by atomic mass is 16.5. The number of aliphatic hydroxyl groups is 1. The van der Waals surface area contributed by atoms with Gasteiger partial charge in [0, 0.05) is 20.1 Å². The van der Waals surface area contributed by atoms with Crippen molar-refractivity contribution < 1.29 is 24.1 Å². The molecule has 5 heteroatoms. The maximum Gasteiger partial charge on any atom is 0.203 e. The Morgan fingerprint density at radius 2 is 1.56 bits per heavy atom. The molecule has 1 N–H and O–H groups in total. The van der Waals surface area contributed by atoms with Gasteiger partial charge in [0.25, 0.3) is 0 Å². The fourth-order valence-electron chi connectivity index (χ4n) is 1.83. The smallest absolute Gasteiger partial charge is 0.203 e. The summed E-state index contributed by atoms with van der Waals surface area (Å²) in [6.07, 6.45) is 0.304. The molecular weight excluding hydrogens is 236 g/mol. The standard InChI is InChI=1S/C13H20O5/c1-15-10(5-6-14)9-7-11(16-2)13(18-4)12(8-9)17-3/h7-8,10,14H,5-6H2,1-4H3/t10-/m1/s1. The van der Waals surface area contributed by atoms with Gasteiger partial charge in [0.05, 0.1) is 27.4 Å².